The molecule has 3 aromatic rings. The van der Waals surface area contributed by atoms with Crippen LogP contribution in [-0.2, 0) is 13.1 Å². The fourth-order valence-electron chi connectivity index (χ4n) is 2.72. The number of likely N-dealkylation sites (N-methyl/N-ethyl adjacent to an activating group) is 1. The monoisotopic (exact) mass is 378 g/mol. The maximum absolute atomic E-state index is 13.0. The van der Waals surface area contributed by atoms with Crippen LogP contribution in [0.15, 0.2) is 55.1 Å². The van der Waals surface area contributed by atoms with Crippen LogP contribution in [0.1, 0.15) is 15.9 Å². The van der Waals surface area contributed by atoms with Crippen LogP contribution in [0.3, 0.4) is 0 Å². The summed E-state index contributed by atoms with van der Waals surface area (Å²) in [6.45, 7) is 2.23. The second-order valence-corrected chi connectivity index (χ2v) is 6.36. The molecule has 1 amide bonds. The van der Waals surface area contributed by atoms with Crippen LogP contribution in [-0.4, -0.2) is 38.9 Å². The topological polar surface area (TPSA) is 86.8 Å². The highest BCUT2D eigenvalue weighted by atomic mass is 19.1. The summed E-state index contributed by atoms with van der Waals surface area (Å²) in [5.41, 5.74) is 2.60. The fraction of sp³-hybridized carbons (Fsp3) is 0.200. The first kappa shape index (κ1) is 19.2. The van der Waals surface area contributed by atoms with Crippen molar-refractivity contribution in [3.63, 3.8) is 0 Å². The van der Waals surface area contributed by atoms with Crippen LogP contribution in [0.4, 0.5) is 4.39 Å². The molecule has 0 fully saturated rings. The molecule has 1 aromatic carbocycles. The SMILES string of the molecule is CN(CCn1cnc(-c2cc(C(=O)NC#N)ccn2)c1)Cc1ccc(F)cc1. The molecular weight excluding hydrogens is 359 g/mol. The van der Waals surface area contributed by atoms with Crippen LogP contribution < -0.4 is 5.32 Å². The Bertz CT molecular complexity index is 992. The Morgan fingerprint density at radius 3 is 2.79 bits per heavy atom. The third-order valence-corrected chi connectivity index (χ3v) is 4.19. The van der Waals surface area contributed by atoms with Gasteiger partial charge in [-0.05, 0) is 36.9 Å². The lowest BCUT2D eigenvalue weighted by atomic mass is 10.2. The van der Waals surface area contributed by atoms with Crippen molar-refractivity contribution >= 4 is 5.91 Å². The molecule has 8 heteroatoms. The largest absolute Gasteiger partial charge is 0.335 e. The van der Waals surface area contributed by atoms with E-state index in [0.717, 1.165) is 25.2 Å². The Balaban J connectivity index is 1.60. The van der Waals surface area contributed by atoms with E-state index >= 15 is 0 Å². The number of aromatic nitrogens is 3. The number of amides is 1. The molecule has 0 saturated heterocycles. The van der Waals surface area contributed by atoms with Gasteiger partial charge in [-0.2, -0.15) is 5.26 Å². The predicted molar refractivity (Wildman–Crippen MR) is 101 cm³/mol. The Morgan fingerprint density at radius 2 is 2.04 bits per heavy atom. The van der Waals surface area contributed by atoms with E-state index in [1.807, 2.05) is 17.8 Å². The lowest BCUT2D eigenvalue weighted by Gasteiger charge is -2.16. The molecule has 0 aliphatic rings. The van der Waals surface area contributed by atoms with Crippen molar-refractivity contribution in [2.24, 2.45) is 0 Å². The molecule has 7 nitrogen and oxygen atoms in total. The Hall–Kier alpha value is -3.57. The minimum Gasteiger partial charge on any atom is -0.335 e. The van der Waals surface area contributed by atoms with Gasteiger partial charge in [0.2, 0.25) is 0 Å². The Kier molecular flexibility index (Phi) is 6.09. The summed E-state index contributed by atoms with van der Waals surface area (Å²) in [7, 11) is 2.00. The summed E-state index contributed by atoms with van der Waals surface area (Å²) >= 11 is 0. The maximum atomic E-state index is 13.0. The van der Waals surface area contributed by atoms with Gasteiger partial charge in [0.1, 0.15) is 11.5 Å². The van der Waals surface area contributed by atoms with Gasteiger partial charge in [-0.15, -0.1) is 0 Å². The van der Waals surface area contributed by atoms with Gasteiger partial charge in [0.15, 0.2) is 6.19 Å². The number of benzene rings is 1. The summed E-state index contributed by atoms with van der Waals surface area (Å²) in [5.74, 6) is -0.715. The number of hydrogen-bond donors (Lipinski definition) is 1. The number of imidazole rings is 1. The lowest BCUT2D eigenvalue weighted by molar-refractivity contribution is 0.0973. The van der Waals surface area contributed by atoms with Crippen LogP contribution in [0, 0.1) is 17.3 Å². The number of nitrogens with zero attached hydrogens (tertiary/aromatic N) is 5. The van der Waals surface area contributed by atoms with Crippen LogP contribution in [0.2, 0.25) is 0 Å². The summed E-state index contributed by atoms with van der Waals surface area (Å²) in [5, 5.41) is 10.7. The highest BCUT2D eigenvalue weighted by molar-refractivity contribution is 5.95. The molecular formula is C20H19FN6O. The summed E-state index contributed by atoms with van der Waals surface area (Å²) in [6, 6.07) is 9.62. The van der Waals surface area contributed by atoms with Gasteiger partial charge < -0.3 is 9.47 Å². The van der Waals surface area contributed by atoms with Gasteiger partial charge in [0, 0.05) is 37.6 Å². The molecule has 0 radical (unpaired) electrons. The first-order chi connectivity index (χ1) is 13.5. The van der Waals surface area contributed by atoms with Gasteiger partial charge in [-0.3, -0.25) is 15.1 Å². The van der Waals surface area contributed by atoms with Gasteiger partial charge in [0.05, 0.1) is 12.0 Å². The van der Waals surface area contributed by atoms with Crippen LogP contribution in [0.25, 0.3) is 11.4 Å². The molecule has 28 heavy (non-hydrogen) atoms. The van der Waals surface area contributed by atoms with Gasteiger partial charge in [0.25, 0.3) is 5.91 Å². The van der Waals surface area contributed by atoms with E-state index in [1.165, 1.54) is 24.4 Å². The number of halogens is 1. The molecule has 0 saturated carbocycles. The first-order valence-electron chi connectivity index (χ1n) is 8.66. The number of carbonyl (C=O) groups is 1. The van der Waals surface area contributed by atoms with E-state index in [0.29, 0.717) is 17.0 Å². The number of nitriles is 1. The van der Waals surface area contributed by atoms with E-state index in [2.05, 4.69) is 20.2 Å². The zero-order chi connectivity index (χ0) is 19.9. The van der Waals surface area contributed by atoms with E-state index in [-0.39, 0.29) is 5.82 Å². The molecule has 1 N–H and O–H groups in total. The summed E-state index contributed by atoms with van der Waals surface area (Å²) in [4.78, 5) is 22.5. The van der Waals surface area contributed by atoms with E-state index < -0.39 is 5.91 Å². The van der Waals surface area contributed by atoms with Crippen molar-refractivity contribution < 1.29 is 9.18 Å². The first-order valence-corrected chi connectivity index (χ1v) is 8.66. The maximum Gasteiger partial charge on any atom is 0.264 e. The number of pyridine rings is 1. The molecule has 142 valence electrons. The molecule has 2 heterocycles. The van der Waals surface area contributed by atoms with E-state index in [1.54, 1.807) is 30.7 Å². The molecule has 0 spiro atoms. The fourth-order valence-corrected chi connectivity index (χ4v) is 2.72. The lowest BCUT2D eigenvalue weighted by Crippen LogP contribution is -2.22. The average Bonchev–Trinajstić information content (AvgIpc) is 3.18. The molecule has 0 aliphatic heterocycles. The molecule has 0 aliphatic carbocycles. The zero-order valence-electron chi connectivity index (χ0n) is 15.3. The van der Waals surface area contributed by atoms with Crippen molar-refractivity contribution in [1.29, 1.82) is 5.26 Å². The summed E-state index contributed by atoms with van der Waals surface area (Å²) in [6.07, 6.45) is 6.70. The standard InChI is InChI=1S/C20H19FN6O/c1-26(11-15-2-4-17(21)5-3-15)8-9-27-12-19(25-14-27)18-10-16(6-7-23-18)20(28)24-13-22/h2-7,10,12,14H,8-9,11H2,1H3,(H,24,28). The number of rotatable bonds is 7. The van der Waals surface area contributed by atoms with Crippen LogP contribution >= 0.6 is 0 Å². The molecule has 0 atom stereocenters. The smallest absolute Gasteiger partial charge is 0.264 e. The molecule has 3 rings (SSSR count). The molecule has 2 aromatic heterocycles. The van der Waals surface area contributed by atoms with E-state index in [9.17, 15) is 9.18 Å². The highest BCUT2D eigenvalue weighted by Gasteiger charge is 2.10. The normalized spacial score (nSPS) is 10.6. The van der Waals surface area contributed by atoms with Gasteiger partial charge in [-0.1, -0.05) is 12.1 Å². The van der Waals surface area contributed by atoms with Gasteiger partial charge in [-0.25, -0.2) is 9.37 Å². The van der Waals surface area contributed by atoms with Crippen molar-refractivity contribution in [3.05, 3.63) is 72.1 Å². The Labute approximate surface area is 162 Å². The number of hydrogen-bond acceptors (Lipinski definition) is 5. The third kappa shape index (κ3) is 4.99. The average molecular weight is 378 g/mol. The van der Waals surface area contributed by atoms with Crippen molar-refractivity contribution in [2.75, 3.05) is 13.6 Å². The van der Waals surface area contributed by atoms with Crippen LogP contribution in [0.5, 0.6) is 0 Å². The van der Waals surface area contributed by atoms with Crippen molar-refractivity contribution in [3.8, 4) is 17.6 Å². The zero-order valence-corrected chi connectivity index (χ0v) is 15.3. The number of nitrogens with one attached hydrogen (secondary N) is 1. The Morgan fingerprint density at radius 1 is 1.25 bits per heavy atom. The predicted octanol–water partition coefficient (Wildman–Crippen LogP) is 2.43. The van der Waals surface area contributed by atoms with Gasteiger partial charge >= 0.3 is 0 Å². The second-order valence-electron chi connectivity index (χ2n) is 6.36. The quantitative estimate of drug-likeness (QED) is 0.504. The molecule has 0 bridgehead atoms. The summed E-state index contributed by atoms with van der Waals surface area (Å²) < 4.78 is 14.9. The minimum atomic E-state index is -0.479. The third-order valence-electron chi connectivity index (χ3n) is 4.19. The van der Waals surface area contributed by atoms with E-state index in [4.69, 9.17) is 5.26 Å². The highest BCUT2D eigenvalue weighted by Crippen LogP contribution is 2.16. The molecule has 0 unspecified atom stereocenters. The van der Waals surface area contributed by atoms with Crippen molar-refractivity contribution in [1.82, 2.24) is 24.8 Å². The van der Waals surface area contributed by atoms with Crippen molar-refractivity contribution in [2.45, 2.75) is 13.1 Å². The minimum absolute atomic E-state index is 0.236. The number of carbonyl (C=O) groups excluding carboxylic acids is 1. The second kappa shape index (κ2) is 8.88.